The summed E-state index contributed by atoms with van der Waals surface area (Å²) in [6, 6.07) is 6.46. The SMILES string of the molecule is CN(Cc1ccsc1)c1nc(CN2CCOCC2)nc2scc(-c3cccs3)c12. The van der Waals surface area contributed by atoms with Gasteiger partial charge in [-0.15, -0.1) is 22.7 Å². The van der Waals surface area contributed by atoms with Crippen molar-refractivity contribution in [2.75, 3.05) is 38.3 Å². The standard InChI is InChI=1S/C21H22N4OS3/c1-24(11-15-4-10-27-13-15)20-19-16(17-3-2-9-28-17)14-29-21(19)23-18(22-20)12-25-5-7-26-8-6-25/h2-4,9-10,13-14H,5-8,11-12H2,1H3. The Balaban J connectivity index is 1.56. The van der Waals surface area contributed by atoms with Gasteiger partial charge in [0.25, 0.3) is 0 Å². The molecule has 0 atom stereocenters. The van der Waals surface area contributed by atoms with Crippen LogP contribution in [0, 0.1) is 0 Å². The molecular weight excluding hydrogens is 420 g/mol. The van der Waals surface area contributed by atoms with E-state index in [1.807, 2.05) is 0 Å². The molecule has 0 aromatic carbocycles. The zero-order valence-electron chi connectivity index (χ0n) is 16.2. The molecule has 150 valence electrons. The maximum Gasteiger partial charge on any atom is 0.146 e. The van der Waals surface area contributed by atoms with Crippen LogP contribution < -0.4 is 4.90 Å². The van der Waals surface area contributed by atoms with E-state index in [2.05, 4.69) is 56.6 Å². The van der Waals surface area contributed by atoms with Crippen LogP contribution in [0.25, 0.3) is 20.7 Å². The molecule has 8 heteroatoms. The normalized spacial score (nSPS) is 15.2. The van der Waals surface area contributed by atoms with E-state index in [4.69, 9.17) is 14.7 Å². The van der Waals surface area contributed by atoms with Gasteiger partial charge in [-0.25, -0.2) is 9.97 Å². The number of hydrogen-bond acceptors (Lipinski definition) is 8. The Bertz CT molecular complexity index is 1070. The average Bonchev–Trinajstić information content (AvgIpc) is 3.49. The predicted molar refractivity (Wildman–Crippen MR) is 123 cm³/mol. The highest BCUT2D eigenvalue weighted by Crippen LogP contribution is 2.40. The van der Waals surface area contributed by atoms with E-state index in [0.717, 1.165) is 55.9 Å². The molecule has 29 heavy (non-hydrogen) atoms. The van der Waals surface area contributed by atoms with Gasteiger partial charge in [-0.05, 0) is 33.8 Å². The van der Waals surface area contributed by atoms with Crippen molar-refractivity contribution < 1.29 is 4.74 Å². The van der Waals surface area contributed by atoms with Crippen molar-refractivity contribution in [2.45, 2.75) is 13.1 Å². The van der Waals surface area contributed by atoms with Crippen molar-refractivity contribution in [3.63, 3.8) is 0 Å². The molecule has 4 aromatic rings. The largest absolute Gasteiger partial charge is 0.379 e. The molecule has 5 rings (SSSR count). The monoisotopic (exact) mass is 442 g/mol. The Morgan fingerprint density at radius 1 is 1.10 bits per heavy atom. The second kappa shape index (κ2) is 8.49. The molecule has 0 radical (unpaired) electrons. The van der Waals surface area contributed by atoms with Gasteiger partial charge in [-0.1, -0.05) is 6.07 Å². The number of hydrogen-bond donors (Lipinski definition) is 0. The molecule has 1 fully saturated rings. The van der Waals surface area contributed by atoms with E-state index in [0.29, 0.717) is 0 Å². The summed E-state index contributed by atoms with van der Waals surface area (Å²) >= 11 is 5.22. The van der Waals surface area contributed by atoms with Gasteiger partial charge in [0.1, 0.15) is 16.5 Å². The summed E-state index contributed by atoms with van der Waals surface area (Å²) in [6.07, 6.45) is 0. The van der Waals surface area contributed by atoms with Crippen LogP contribution in [-0.2, 0) is 17.8 Å². The summed E-state index contributed by atoms with van der Waals surface area (Å²) in [5, 5.41) is 9.86. The lowest BCUT2D eigenvalue weighted by Crippen LogP contribution is -2.36. The molecule has 1 aliphatic heterocycles. The second-order valence-electron chi connectivity index (χ2n) is 7.15. The van der Waals surface area contributed by atoms with Crippen LogP contribution in [0.2, 0.25) is 0 Å². The molecule has 4 aromatic heterocycles. The molecule has 0 unspecified atom stereocenters. The number of rotatable bonds is 6. The fourth-order valence-electron chi connectivity index (χ4n) is 3.62. The van der Waals surface area contributed by atoms with Crippen LogP contribution in [0.4, 0.5) is 5.82 Å². The topological polar surface area (TPSA) is 41.5 Å². The number of aromatic nitrogens is 2. The summed E-state index contributed by atoms with van der Waals surface area (Å²) in [6.45, 7) is 5.05. The lowest BCUT2D eigenvalue weighted by molar-refractivity contribution is 0.0331. The number of fused-ring (bicyclic) bond motifs is 1. The Labute approximate surface area is 182 Å². The Hall–Kier alpha value is -1.84. The van der Waals surface area contributed by atoms with E-state index >= 15 is 0 Å². The molecule has 0 saturated carbocycles. The van der Waals surface area contributed by atoms with E-state index in [9.17, 15) is 0 Å². The first kappa shape index (κ1) is 19.1. The van der Waals surface area contributed by atoms with Gasteiger partial charge in [0.05, 0.1) is 25.1 Å². The minimum absolute atomic E-state index is 0.769. The van der Waals surface area contributed by atoms with Gasteiger partial charge < -0.3 is 9.64 Å². The van der Waals surface area contributed by atoms with Crippen LogP contribution in [0.1, 0.15) is 11.4 Å². The second-order valence-corrected chi connectivity index (χ2v) is 9.73. The van der Waals surface area contributed by atoms with Crippen LogP contribution >= 0.6 is 34.0 Å². The van der Waals surface area contributed by atoms with Gasteiger partial charge >= 0.3 is 0 Å². The number of anilines is 1. The highest BCUT2D eigenvalue weighted by molar-refractivity contribution is 7.18. The van der Waals surface area contributed by atoms with E-state index in [-0.39, 0.29) is 0 Å². The van der Waals surface area contributed by atoms with Crippen LogP contribution in [-0.4, -0.2) is 48.2 Å². The summed E-state index contributed by atoms with van der Waals surface area (Å²) < 4.78 is 5.49. The third-order valence-electron chi connectivity index (χ3n) is 5.08. The average molecular weight is 443 g/mol. The molecule has 5 heterocycles. The van der Waals surface area contributed by atoms with Gasteiger partial charge in [0.15, 0.2) is 0 Å². The zero-order chi connectivity index (χ0) is 19.6. The molecule has 0 spiro atoms. The van der Waals surface area contributed by atoms with Gasteiger partial charge in [-0.3, -0.25) is 4.90 Å². The molecule has 0 N–H and O–H groups in total. The first-order valence-corrected chi connectivity index (χ1v) is 12.3. The van der Waals surface area contributed by atoms with Crippen molar-refractivity contribution in [1.29, 1.82) is 0 Å². The first-order valence-electron chi connectivity index (χ1n) is 9.62. The van der Waals surface area contributed by atoms with Gasteiger partial charge in [0.2, 0.25) is 0 Å². The fraction of sp³-hybridized carbons (Fsp3) is 0.333. The van der Waals surface area contributed by atoms with Gasteiger partial charge in [-0.2, -0.15) is 11.3 Å². The molecule has 0 bridgehead atoms. The Morgan fingerprint density at radius 3 is 2.76 bits per heavy atom. The third-order valence-corrected chi connectivity index (χ3v) is 7.58. The maximum atomic E-state index is 5.49. The highest BCUT2D eigenvalue weighted by atomic mass is 32.1. The minimum atomic E-state index is 0.769. The Kier molecular flexibility index (Phi) is 5.61. The van der Waals surface area contributed by atoms with Crippen molar-refractivity contribution >= 4 is 50.0 Å². The molecule has 5 nitrogen and oxygen atoms in total. The number of ether oxygens (including phenoxy) is 1. The van der Waals surface area contributed by atoms with Crippen LogP contribution in [0.5, 0.6) is 0 Å². The van der Waals surface area contributed by atoms with E-state index in [1.54, 1.807) is 34.0 Å². The molecule has 0 amide bonds. The summed E-state index contributed by atoms with van der Waals surface area (Å²) in [5.41, 5.74) is 2.55. The van der Waals surface area contributed by atoms with E-state index in [1.165, 1.54) is 21.4 Å². The summed E-state index contributed by atoms with van der Waals surface area (Å²) in [4.78, 5) is 17.0. The predicted octanol–water partition coefficient (Wildman–Crippen LogP) is 4.95. The third kappa shape index (κ3) is 4.08. The van der Waals surface area contributed by atoms with Gasteiger partial charge in [0, 0.05) is 42.5 Å². The van der Waals surface area contributed by atoms with E-state index < -0.39 is 0 Å². The Morgan fingerprint density at radius 2 is 2.00 bits per heavy atom. The molecule has 1 aliphatic rings. The van der Waals surface area contributed by atoms with Crippen molar-refractivity contribution in [3.05, 3.63) is 51.1 Å². The zero-order valence-corrected chi connectivity index (χ0v) is 18.7. The summed E-state index contributed by atoms with van der Waals surface area (Å²) in [5.74, 6) is 1.92. The van der Waals surface area contributed by atoms with Crippen molar-refractivity contribution in [2.24, 2.45) is 0 Å². The van der Waals surface area contributed by atoms with Crippen LogP contribution in [0.15, 0.2) is 39.7 Å². The van der Waals surface area contributed by atoms with Crippen molar-refractivity contribution in [1.82, 2.24) is 14.9 Å². The highest BCUT2D eigenvalue weighted by Gasteiger charge is 2.20. The maximum absolute atomic E-state index is 5.49. The smallest absolute Gasteiger partial charge is 0.146 e. The summed E-state index contributed by atoms with van der Waals surface area (Å²) in [7, 11) is 2.13. The first-order chi connectivity index (χ1) is 14.3. The molecule has 0 aliphatic carbocycles. The quantitative estimate of drug-likeness (QED) is 0.423. The fourth-order valence-corrected chi connectivity index (χ4v) is 6.05. The van der Waals surface area contributed by atoms with Crippen molar-refractivity contribution in [3.8, 4) is 10.4 Å². The number of nitrogens with zero attached hydrogens (tertiary/aromatic N) is 4. The minimum Gasteiger partial charge on any atom is -0.379 e. The lowest BCUT2D eigenvalue weighted by atomic mass is 10.2. The molecular formula is C21H22N4OS3. The van der Waals surface area contributed by atoms with Crippen LogP contribution in [0.3, 0.4) is 0 Å². The number of thiophene rings is 3. The molecule has 1 saturated heterocycles. The number of morpholine rings is 1. The lowest BCUT2D eigenvalue weighted by Gasteiger charge is -2.26.